The number of hydrogen-bond donors (Lipinski definition) is 1. The van der Waals surface area contributed by atoms with Crippen LogP contribution in [0.2, 0.25) is 0 Å². The van der Waals surface area contributed by atoms with Gasteiger partial charge < -0.3 is 24.4 Å². The predicted molar refractivity (Wildman–Crippen MR) is 81.1 cm³/mol. The second-order valence-corrected chi connectivity index (χ2v) is 5.75. The summed E-state index contributed by atoms with van der Waals surface area (Å²) in [4.78, 5) is 14.2. The highest BCUT2D eigenvalue weighted by Crippen LogP contribution is 2.32. The number of fused-ring (bicyclic) bond motifs is 1. The molecule has 2 aliphatic rings. The van der Waals surface area contributed by atoms with Crippen LogP contribution in [-0.2, 0) is 16.0 Å². The van der Waals surface area contributed by atoms with Crippen molar-refractivity contribution in [2.24, 2.45) is 0 Å². The quantitative estimate of drug-likeness (QED) is 0.872. The Morgan fingerprint density at radius 1 is 1.36 bits per heavy atom. The van der Waals surface area contributed by atoms with Crippen LogP contribution in [0.5, 0.6) is 11.5 Å². The lowest BCUT2D eigenvalue weighted by atomic mass is 10.1. The first-order valence-corrected chi connectivity index (χ1v) is 7.66. The molecule has 0 bridgehead atoms. The van der Waals surface area contributed by atoms with Crippen molar-refractivity contribution in [2.45, 2.75) is 18.9 Å². The molecule has 1 atom stereocenters. The summed E-state index contributed by atoms with van der Waals surface area (Å²) in [6.45, 7) is 3.39. The number of benzene rings is 1. The second kappa shape index (κ2) is 6.98. The number of nitrogens with one attached hydrogen (secondary N) is 1. The summed E-state index contributed by atoms with van der Waals surface area (Å²) in [6.07, 6.45) is 1.24. The Morgan fingerprint density at radius 2 is 2.23 bits per heavy atom. The first-order chi connectivity index (χ1) is 10.7. The summed E-state index contributed by atoms with van der Waals surface area (Å²) >= 11 is 0. The zero-order valence-electron chi connectivity index (χ0n) is 12.8. The molecule has 0 aromatic heterocycles. The van der Waals surface area contributed by atoms with Crippen LogP contribution in [0.15, 0.2) is 18.2 Å². The highest BCUT2D eigenvalue weighted by Gasteiger charge is 2.18. The van der Waals surface area contributed by atoms with Gasteiger partial charge in [0.1, 0.15) is 0 Å². The standard InChI is InChI=1S/C16H22N2O4/c1-18-6-7-20-13(10-18)9-17-16(19)5-3-12-2-4-14-15(8-12)22-11-21-14/h2,4,8,13H,3,5-7,9-11H2,1H3,(H,17,19)/t13-/m1/s1. The number of carbonyl (C=O) groups is 1. The molecule has 1 N–H and O–H groups in total. The minimum atomic E-state index is 0.0505. The lowest BCUT2D eigenvalue weighted by Gasteiger charge is -2.30. The third kappa shape index (κ3) is 3.90. The van der Waals surface area contributed by atoms with Crippen LogP contribution in [0, 0.1) is 0 Å². The molecule has 3 rings (SSSR count). The molecule has 22 heavy (non-hydrogen) atoms. The molecular formula is C16H22N2O4. The summed E-state index contributed by atoms with van der Waals surface area (Å²) in [6, 6.07) is 5.80. The number of rotatable bonds is 5. The zero-order valence-corrected chi connectivity index (χ0v) is 12.8. The molecule has 0 radical (unpaired) electrons. The van der Waals surface area contributed by atoms with Gasteiger partial charge in [0, 0.05) is 26.1 Å². The maximum atomic E-state index is 11.9. The van der Waals surface area contributed by atoms with E-state index in [0.717, 1.165) is 36.8 Å². The van der Waals surface area contributed by atoms with Gasteiger partial charge in [-0.3, -0.25) is 4.79 Å². The number of hydrogen-bond acceptors (Lipinski definition) is 5. The van der Waals surface area contributed by atoms with Crippen molar-refractivity contribution < 1.29 is 19.0 Å². The number of amides is 1. The van der Waals surface area contributed by atoms with Crippen LogP contribution in [0.3, 0.4) is 0 Å². The van der Waals surface area contributed by atoms with Gasteiger partial charge in [0.05, 0.1) is 12.7 Å². The van der Waals surface area contributed by atoms with E-state index in [1.54, 1.807) is 0 Å². The topological polar surface area (TPSA) is 60.0 Å². The Bertz CT molecular complexity index is 535. The van der Waals surface area contributed by atoms with Gasteiger partial charge in [0.25, 0.3) is 0 Å². The lowest BCUT2D eigenvalue weighted by molar-refractivity contribution is -0.122. The van der Waals surface area contributed by atoms with E-state index in [1.807, 2.05) is 18.2 Å². The van der Waals surface area contributed by atoms with Crippen molar-refractivity contribution in [2.75, 3.05) is 40.1 Å². The lowest BCUT2D eigenvalue weighted by Crippen LogP contribution is -2.45. The number of carbonyl (C=O) groups excluding carboxylic acids is 1. The third-order valence-corrected chi connectivity index (χ3v) is 3.95. The van der Waals surface area contributed by atoms with Crippen LogP contribution in [0.1, 0.15) is 12.0 Å². The van der Waals surface area contributed by atoms with Gasteiger partial charge in [0.15, 0.2) is 11.5 Å². The van der Waals surface area contributed by atoms with E-state index < -0.39 is 0 Å². The van der Waals surface area contributed by atoms with Crippen LogP contribution in [0.4, 0.5) is 0 Å². The van der Waals surface area contributed by atoms with Crippen molar-refractivity contribution in [3.8, 4) is 11.5 Å². The summed E-state index contributed by atoms with van der Waals surface area (Å²) < 4.78 is 16.2. The minimum absolute atomic E-state index is 0.0505. The molecule has 1 fully saturated rings. The number of aryl methyl sites for hydroxylation is 1. The highest BCUT2D eigenvalue weighted by atomic mass is 16.7. The van der Waals surface area contributed by atoms with Crippen LogP contribution in [0.25, 0.3) is 0 Å². The van der Waals surface area contributed by atoms with Crippen LogP contribution in [-0.4, -0.2) is 57.0 Å². The highest BCUT2D eigenvalue weighted by molar-refractivity contribution is 5.76. The summed E-state index contributed by atoms with van der Waals surface area (Å²) in [5.74, 6) is 1.58. The fourth-order valence-corrected chi connectivity index (χ4v) is 2.66. The number of ether oxygens (including phenoxy) is 3. The van der Waals surface area contributed by atoms with E-state index >= 15 is 0 Å². The molecule has 0 unspecified atom stereocenters. The number of likely N-dealkylation sites (N-methyl/N-ethyl adjacent to an activating group) is 1. The van der Waals surface area contributed by atoms with Crippen molar-refractivity contribution in [3.05, 3.63) is 23.8 Å². The molecule has 2 aliphatic heterocycles. The van der Waals surface area contributed by atoms with E-state index in [1.165, 1.54) is 0 Å². The molecule has 0 saturated carbocycles. The van der Waals surface area contributed by atoms with Gasteiger partial charge in [0.2, 0.25) is 12.7 Å². The minimum Gasteiger partial charge on any atom is -0.454 e. The monoisotopic (exact) mass is 306 g/mol. The summed E-state index contributed by atoms with van der Waals surface area (Å²) in [7, 11) is 2.07. The van der Waals surface area contributed by atoms with E-state index in [-0.39, 0.29) is 18.8 Å². The van der Waals surface area contributed by atoms with Crippen LogP contribution >= 0.6 is 0 Å². The maximum absolute atomic E-state index is 11.9. The van der Waals surface area contributed by atoms with Crippen molar-refractivity contribution in [1.82, 2.24) is 10.2 Å². The molecule has 0 spiro atoms. The average molecular weight is 306 g/mol. The fourth-order valence-electron chi connectivity index (χ4n) is 2.66. The van der Waals surface area contributed by atoms with Gasteiger partial charge in [-0.05, 0) is 31.2 Å². The zero-order chi connectivity index (χ0) is 15.4. The van der Waals surface area contributed by atoms with Gasteiger partial charge in [-0.2, -0.15) is 0 Å². The molecule has 1 aromatic rings. The molecule has 1 amide bonds. The Kier molecular flexibility index (Phi) is 4.80. The fraction of sp³-hybridized carbons (Fsp3) is 0.562. The van der Waals surface area contributed by atoms with E-state index in [2.05, 4.69) is 17.3 Å². The molecule has 6 heteroatoms. The predicted octanol–water partition coefficient (Wildman–Crippen LogP) is 0.795. The van der Waals surface area contributed by atoms with Gasteiger partial charge in [-0.15, -0.1) is 0 Å². The van der Waals surface area contributed by atoms with E-state index in [9.17, 15) is 4.79 Å². The molecule has 1 aromatic carbocycles. The van der Waals surface area contributed by atoms with Gasteiger partial charge >= 0.3 is 0 Å². The SMILES string of the molecule is CN1CCO[C@H](CNC(=O)CCc2ccc3c(c2)OCO3)C1. The number of nitrogens with zero attached hydrogens (tertiary/aromatic N) is 1. The van der Waals surface area contributed by atoms with E-state index in [0.29, 0.717) is 19.4 Å². The van der Waals surface area contributed by atoms with Crippen LogP contribution < -0.4 is 14.8 Å². The molecule has 0 aliphatic carbocycles. The number of morpholine rings is 1. The van der Waals surface area contributed by atoms with Gasteiger partial charge in [-0.1, -0.05) is 6.07 Å². The molecule has 2 heterocycles. The molecule has 1 saturated heterocycles. The maximum Gasteiger partial charge on any atom is 0.231 e. The van der Waals surface area contributed by atoms with Gasteiger partial charge in [-0.25, -0.2) is 0 Å². The Labute approximate surface area is 130 Å². The normalized spacial score (nSPS) is 20.9. The smallest absolute Gasteiger partial charge is 0.231 e. The van der Waals surface area contributed by atoms with Crippen molar-refractivity contribution >= 4 is 5.91 Å². The molecule has 120 valence electrons. The second-order valence-electron chi connectivity index (χ2n) is 5.75. The molecule has 6 nitrogen and oxygen atoms in total. The summed E-state index contributed by atoms with van der Waals surface area (Å²) in [5, 5.41) is 2.95. The van der Waals surface area contributed by atoms with Crippen molar-refractivity contribution in [3.63, 3.8) is 0 Å². The Balaban J connectivity index is 1.40. The average Bonchev–Trinajstić information content (AvgIpc) is 2.98. The molecular weight excluding hydrogens is 284 g/mol. The summed E-state index contributed by atoms with van der Waals surface area (Å²) in [5.41, 5.74) is 1.08. The first kappa shape index (κ1) is 15.1. The van der Waals surface area contributed by atoms with Crippen molar-refractivity contribution in [1.29, 1.82) is 0 Å². The largest absolute Gasteiger partial charge is 0.454 e. The first-order valence-electron chi connectivity index (χ1n) is 7.66. The Hall–Kier alpha value is -1.79. The van der Waals surface area contributed by atoms with E-state index in [4.69, 9.17) is 14.2 Å². The third-order valence-electron chi connectivity index (χ3n) is 3.95. The Morgan fingerprint density at radius 3 is 3.09 bits per heavy atom.